The summed E-state index contributed by atoms with van der Waals surface area (Å²) in [7, 11) is 0. The Bertz CT molecular complexity index is 556. The van der Waals surface area contributed by atoms with E-state index in [1.165, 1.54) is 0 Å². The Morgan fingerprint density at radius 3 is 2.20 bits per heavy atom. The van der Waals surface area contributed by atoms with E-state index in [4.69, 9.17) is 50.7 Å². The Hall–Kier alpha value is -1.20. The molecule has 1 unspecified atom stereocenters. The van der Waals surface area contributed by atoms with Crippen molar-refractivity contribution >= 4 is 70.3 Å². The van der Waals surface area contributed by atoms with Gasteiger partial charge in [0.15, 0.2) is 0 Å². The number of nitrogens with two attached hydrogens (primary N) is 1. The molecule has 0 fully saturated rings. The van der Waals surface area contributed by atoms with Crippen LogP contribution in [0.25, 0.3) is 0 Å². The van der Waals surface area contributed by atoms with Crippen molar-refractivity contribution in [2.24, 2.45) is 5.73 Å². The highest BCUT2D eigenvalue weighted by atomic mass is 35.5. The number of carbonyl (C=O) groups excluding carboxylic acids is 2. The van der Waals surface area contributed by atoms with Gasteiger partial charge in [-0.15, -0.1) is 11.8 Å². The predicted molar refractivity (Wildman–Crippen MR) is 94.5 cm³/mol. The number of halogens is 3. The molecule has 0 saturated heterocycles. The number of rotatable bonds is 11. The van der Waals surface area contributed by atoms with E-state index >= 15 is 0 Å². The van der Waals surface area contributed by atoms with Gasteiger partial charge in [-0.25, -0.2) is 0 Å². The van der Waals surface area contributed by atoms with Gasteiger partial charge in [0.05, 0.1) is 0 Å². The molecule has 0 heterocycles. The third kappa shape index (κ3) is 11.1. The van der Waals surface area contributed by atoms with Crippen molar-refractivity contribution in [2.45, 2.75) is 24.9 Å². The molecule has 2 amide bonds. The van der Waals surface area contributed by atoms with Gasteiger partial charge in [0.2, 0.25) is 11.8 Å². The lowest BCUT2D eigenvalue weighted by Gasteiger charge is -2.18. The molecule has 9 nitrogen and oxygen atoms in total. The highest BCUT2D eigenvalue weighted by molar-refractivity contribution is 8.04. The van der Waals surface area contributed by atoms with Crippen molar-refractivity contribution in [3.8, 4) is 0 Å². The molecule has 0 aliphatic rings. The largest absolute Gasteiger partial charge is 0.480 e. The van der Waals surface area contributed by atoms with E-state index < -0.39 is 42.4 Å². The fraction of sp³-hybridized carbons (Fsp3) is 0.500. The molecule has 25 heavy (non-hydrogen) atoms. The van der Waals surface area contributed by atoms with Crippen LogP contribution in [0.1, 0.15) is 12.8 Å². The summed E-state index contributed by atoms with van der Waals surface area (Å²) in [5, 5.41) is 21.7. The van der Waals surface area contributed by atoms with Crippen molar-refractivity contribution in [1.82, 2.24) is 10.6 Å². The molecule has 13 heteroatoms. The lowest BCUT2D eigenvalue weighted by Crippen LogP contribution is -2.49. The Kier molecular flexibility index (Phi) is 11.6. The highest BCUT2D eigenvalue weighted by Gasteiger charge is 2.23. The van der Waals surface area contributed by atoms with Gasteiger partial charge >= 0.3 is 11.9 Å². The molecular weight excluding hydrogens is 421 g/mol. The Morgan fingerprint density at radius 1 is 1.12 bits per heavy atom. The van der Waals surface area contributed by atoms with Gasteiger partial charge < -0.3 is 26.6 Å². The van der Waals surface area contributed by atoms with Crippen LogP contribution in [0.2, 0.25) is 0 Å². The van der Waals surface area contributed by atoms with Crippen molar-refractivity contribution < 1.29 is 29.4 Å². The van der Waals surface area contributed by atoms with Crippen molar-refractivity contribution in [1.29, 1.82) is 0 Å². The van der Waals surface area contributed by atoms with Crippen LogP contribution in [-0.4, -0.2) is 58.3 Å². The second kappa shape index (κ2) is 12.2. The number of hydrogen-bond acceptors (Lipinski definition) is 6. The quantitative estimate of drug-likeness (QED) is 0.312. The van der Waals surface area contributed by atoms with E-state index in [9.17, 15) is 19.2 Å². The standard InChI is InChI=1S/C12H16Cl3N3O6S/c13-9(14)10(15)25-4-6(11(22)17-3-8(20)21)18-7(19)2-1-5(16)12(23)24/h5-6H,1-4,16H2,(H,17,22)(H,18,19)(H,20,21)(H,23,24)/t5-,6?/m0/s1. The van der Waals surface area contributed by atoms with Gasteiger partial charge in [0, 0.05) is 12.2 Å². The summed E-state index contributed by atoms with van der Waals surface area (Å²) in [4.78, 5) is 44.9. The second-order valence-corrected chi connectivity index (χ2v) is 7.14. The van der Waals surface area contributed by atoms with Gasteiger partial charge in [-0.3, -0.25) is 19.2 Å². The zero-order valence-corrected chi connectivity index (χ0v) is 15.7. The number of nitrogens with one attached hydrogen (secondary N) is 2. The summed E-state index contributed by atoms with van der Waals surface area (Å²) < 4.78 is -0.239. The number of thioether (sulfide) groups is 1. The van der Waals surface area contributed by atoms with E-state index in [1.807, 2.05) is 0 Å². The van der Waals surface area contributed by atoms with E-state index in [0.29, 0.717) is 0 Å². The van der Waals surface area contributed by atoms with Crippen LogP contribution in [0.4, 0.5) is 0 Å². The van der Waals surface area contributed by atoms with Gasteiger partial charge in [-0.2, -0.15) is 0 Å². The Labute approximate surface area is 162 Å². The predicted octanol–water partition coefficient (Wildman–Crippen LogP) is 0.440. The highest BCUT2D eigenvalue weighted by Crippen LogP contribution is 2.29. The topological polar surface area (TPSA) is 159 Å². The SMILES string of the molecule is N[C@@H](CCC(=O)NC(CSC(Cl)=C(Cl)Cl)C(=O)NCC(=O)O)C(=O)O. The maximum atomic E-state index is 12.0. The molecule has 0 rings (SSSR count). The first-order valence-electron chi connectivity index (χ1n) is 6.65. The third-order valence-electron chi connectivity index (χ3n) is 2.59. The zero-order valence-electron chi connectivity index (χ0n) is 12.6. The Balaban J connectivity index is 4.78. The average molecular weight is 437 g/mol. The summed E-state index contributed by atoms with van der Waals surface area (Å²) in [6.07, 6.45) is -0.368. The summed E-state index contributed by atoms with van der Waals surface area (Å²) in [5.74, 6) is -4.00. The molecule has 0 radical (unpaired) electrons. The molecule has 0 aromatic rings. The smallest absolute Gasteiger partial charge is 0.322 e. The van der Waals surface area contributed by atoms with Crippen LogP contribution < -0.4 is 16.4 Å². The fourth-order valence-corrected chi connectivity index (χ4v) is 2.53. The molecule has 6 N–H and O–H groups in total. The number of aliphatic carboxylic acids is 2. The van der Waals surface area contributed by atoms with Gasteiger partial charge in [-0.05, 0) is 6.42 Å². The second-order valence-electron chi connectivity index (χ2n) is 4.56. The monoisotopic (exact) mass is 435 g/mol. The first kappa shape index (κ1) is 23.8. The maximum absolute atomic E-state index is 12.0. The zero-order chi connectivity index (χ0) is 19.6. The molecule has 2 atom stereocenters. The molecule has 0 spiro atoms. The van der Waals surface area contributed by atoms with Crippen LogP contribution >= 0.6 is 46.6 Å². The van der Waals surface area contributed by atoms with Crippen molar-refractivity contribution in [2.75, 3.05) is 12.3 Å². The molecule has 142 valence electrons. The summed E-state index contributed by atoms with van der Waals surface area (Å²) in [6.45, 7) is -0.639. The van der Waals surface area contributed by atoms with E-state index in [1.54, 1.807) is 0 Å². The van der Waals surface area contributed by atoms with Crippen LogP contribution in [0.15, 0.2) is 8.86 Å². The van der Waals surface area contributed by atoms with Crippen LogP contribution in [0, 0.1) is 0 Å². The van der Waals surface area contributed by atoms with Crippen LogP contribution in [0.5, 0.6) is 0 Å². The van der Waals surface area contributed by atoms with E-state index in [2.05, 4.69) is 10.6 Å². The van der Waals surface area contributed by atoms with Crippen LogP contribution in [0.3, 0.4) is 0 Å². The number of carboxylic acid groups (broad SMARTS) is 2. The molecule has 0 aromatic carbocycles. The lowest BCUT2D eigenvalue weighted by atomic mass is 10.1. The van der Waals surface area contributed by atoms with Gasteiger partial charge in [-0.1, -0.05) is 34.8 Å². The number of carbonyl (C=O) groups is 4. The molecule has 0 aromatic heterocycles. The molecule has 0 aliphatic carbocycles. The minimum absolute atomic E-state index is 0.0125. The Morgan fingerprint density at radius 2 is 1.72 bits per heavy atom. The first-order chi connectivity index (χ1) is 11.5. The minimum atomic E-state index is -1.26. The molecular formula is C12H16Cl3N3O6S. The lowest BCUT2D eigenvalue weighted by molar-refractivity contribution is -0.139. The average Bonchev–Trinajstić information content (AvgIpc) is 2.53. The summed E-state index contributed by atoms with van der Waals surface area (Å²) in [5.41, 5.74) is 5.29. The summed E-state index contributed by atoms with van der Waals surface area (Å²) >= 11 is 17.5. The molecule has 0 saturated carbocycles. The molecule has 0 aliphatic heterocycles. The number of amides is 2. The number of carboxylic acids is 2. The fourth-order valence-electron chi connectivity index (χ4n) is 1.36. The number of hydrogen-bond donors (Lipinski definition) is 5. The van der Waals surface area contributed by atoms with Crippen molar-refractivity contribution in [3.05, 3.63) is 8.86 Å². The maximum Gasteiger partial charge on any atom is 0.322 e. The third-order valence-corrected chi connectivity index (χ3v) is 4.86. The summed E-state index contributed by atoms with van der Waals surface area (Å²) in [6, 6.07) is -2.36. The first-order valence-corrected chi connectivity index (χ1v) is 8.77. The van der Waals surface area contributed by atoms with E-state index in [-0.39, 0.29) is 27.5 Å². The normalized spacial score (nSPS) is 12.6. The molecule has 0 bridgehead atoms. The minimum Gasteiger partial charge on any atom is -0.480 e. The van der Waals surface area contributed by atoms with E-state index in [0.717, 1.165) is 11.8 Å². The van der Waals surface area contributed by atoms with Gasteiger partial charge in [0.1, 0.15) is 27.5 Å². The van der Waals surface area contributed by atoms with Gasteiger partial charge in [0.25, 0.3) is 0 Å². The van der Waals surface area contributed by atoms with Crippen molar-refractivity contribution in [3.63, 3.8) is 0 Å². The van der Waals surface area contributed by atoms with Crippen LogP contribution in [-0.2, 0) is 19.2 Å².